The molecule has 0 spiro atoms. The highest BCUT2D eigenvalue weighted by atomic mass is 35.5. The molecule has 0 radical (unpaired) electrons. The second-order valence-electron chi connectivity index (χ2n) is 6.42. The second-order valence-corrected chi connectivity index (χ2v) is 6.86. The van der Waals surface area contributed by atoms with Crippen LogP contribution in [-0.2, 0) is 4.79 Å². The van der Waals surface area contributed by atoms with Crippen molar-refractivity contribution in [2.24, 2.45) is 5.92 Å². The molecule has 1 aliphatic carbocycles. The molecule has 1 unspecified atom stereocenters. The number of aliphatic carboxylic acids is 1. The number of rotatable bonds is 6. The quantitative estimate of drug-likeness (QED) is 0.844. The van der Waals surface area contributed by atoms with Gasteiger partial charge in [-0.2, -0.15) is 0 Å². The van der Waals surface area contributed by atoms with E-state index in [9.17, 15) is 4.79 Å². The molecule has 1 aliphatic rings. The Bertz CT molecular complexity index is 482. The molecule has 2 N–H and O–H groups in total. The molecule has 22 heavy (non-hydrogen) atoms. The Morgan fingerprint density at radius 2 is 1.86 bits per heavy atom. The standard InChI is InChI=1S/C17H25ClN2O2/c1-20(2)11-16(12-3-7-14(18)8-4-12)19-15-9-5-13(6-10-15)17(21)22/h3-4,7-8,13,15-16,19H,5-6,9-11H2,1-2H3,(H,21,22). The smallest absolute Gasteiger partial charge is 0.306 e. The lowest BCUT2D eigenvalue weighted by Gasteiger charge is -2.32. The number of halogens is 1. The van der Waals surface area contributed by atoms with E-state index >= 15 is 0 Å². The lowest BCUT2D eigenvalue weighted by molar-refractivity contribution is -0.142. The minimum absolute atomic E-state index is 0.166. The molecule has 1 fully saturated rings. The molecule has 0 saturated heterocycles. The fraction of sp³-hybridized carbons (Fsp3) is 0.588. The zero-order valence-corrected chi connectivity index (χ0v) is 14.0. The predicted molar refractivity (Wildman–Crippen MR) is 89.3 cm³/mol. The van der Waals surface area contributed by atoms with Crippen molar-refractivity contribution >= 4 is 17.6 Å². The van der Waals surface area contributed by atoms with Crippen LogP contribution in [0.2, 0.25) is 5.02 Å². The van der Waals surface area contributed by atoms with E-state index in [4.69, 9.17) is 16.7 Å². The van der Waals surface area contributed by atoms with E-state index in [2.05, 4.69) is 36.4 Å². The van der Waals surface area contributed by atoms with Crippen LogP contribution in [0.5, 0.6) is 0 Å². The van der Waals surface area contributed by atoms with Crippen LogP contribution in [-0.4, -0.2) is 42.7 Å². The number of hydrogen-bond acceptors (Lipinski definition) is 3. The Morgan fingerprint density at radius 1 is 1.27 bits per heavy atom. The minimum Gasteiger partial charge on any atom is -0.481 e. The Hall–Kier alpha value is -1.10. The molecule has 0 aromatic heterocycles. The fourth-order valence-corrected chi connectivity index (χ4v) is 3.23. The summed E-state index contributed by atoms with van der Waals surface area (Å²) in [5.74, 6) is -0.818. The molecular weight excluding hydrogens is 300 g/mol. The topological polar surface area (TPSA) is 52.6 Å². The Balaban J connectivity index is 1.98. The van der Waals surface area contributed by atoms with E-state index in [1.54, 1.807) is 0 Å². The van der Waals surface area contributed by atoms with Crippen molar-refractivity contribution in [2.45, 2.75) is 37.8 Å². The van der Waals surface area contributed by atoms with Gasteiger partial charge in [-0.25, -0.2) is 0 Å². The van der Waals surface area contributed by atoms with Crippen LogP contribution in [0.4, 0.5) is 0 Å². The SMILES string of the molecule is CN(C)CC(NC1CCC(C(=O)O)CC1)c1ccc(Cl)cc1. The minimum atomic E-state index is -0.652. The third-order valence-corrected chi connectivity index (χ3v) is 4.59. The Morgan fingerprint density at radius 3 is 2.36 bits per heavy atom. The fourth-order valence-electron chi connectivity index (χ4n) is 3.11. The number of nitrogens with one attached hydrogen (secondary N) is 1. The molecule has 4 nitrogen and oxygen atoms in total. The first-order valence-electron chi connectivity index (χ1n) is 7.84. The maximum absolute atomic E-state index is 11.0. The first-order chi connectivity index (χ1) is 10.5. The van der Waals surface area contributed by atoms with Crippen molar-refractivity contribution in [1.29, 1.82) is 0 Å². The van der Waals surface area contributed by atoms with Gasteiger partial charge in [-0.1, -0.05) is 23.7 Å². The van der Waals surface area contributed by atoms with Gasteiger partial charge in [0.15, 0.2) is 0 Å². The van der Waals surface area contributed by atoms with Crippen molar-refractivity contribution in [1.82, 2.24) is 10.2 Å². The summed E-state index contributed by atoms with van der Waals surface area (Å²) in [7, 11) is 4.12. The lowest BCUT2D eigenvalue weighted by Crippen LogP contribution is -2.40. The molecule has 1 saturated carbocycles. The summed E-state index contributed by atoms with van der Waals surface area (Å²) >= 11 is 5.97. The van der Waals surface area contributed by atoms with E-state index in [1.807, 2.05) is 12.1 Å². The second kappa shape index (κ2) is 7.95. The largest absolute Gasteiger partial charge is 0.481 e. The Kier molecular flexibility index (Phi) is 6.24. The molecule has 2 rings (SSSR count). The van der Waals surface area contributed by atoms with Crippen molar-refractivity contribution in [3.63, 3.8) is 0 Å². The van der Waals surface area contributed by atoms with Crippen LogP contribution in [0.1, 0.15) is 37.3 Å². The maximum atomic E-state index is 11.0. The van der Waals surface area contributed by atoms with Crippen LogP contribution in [0.15, 0.2) is 24.3 Å². The van der Waals surface area contributed by atoms with E-state index in [0.29, 0.717) is 6.04 Å². The van der Waals surface area contributed by atoms with Gasteiger partial charge in [0.2, 0.25) is 0 Å². The average molecular weight is 325 g/mol. The van der Waals surface area contributed by atoms with Crippen LogP contribution in [0.25, 0.3) is 0 Å². The maximum Gasteiger partial charge on any atom is 0.306 e. The molecule has 0 bridgehead atoms. The van der Waals surface area contributed by atoms with Gasteiger partial charge in [0.25, 0.3) is 0 Å². The molecule has 0 heterocycles. The van der Waals surface area contributed by atoms with Gasteiger partial charge in [-0.15, -0.1) is 0 Å². The van der Waals surface area contributed by atoms with Crippen LogP contribution < -0.4 is 5.32 Å². The van der Waals surface area contributed by atoms with Gasteiger partial charge in [0.05, 0.1) is 5.92 Å². The first kappa shape index (κ1) is 17.3. The monoisotopic (exact) mass is 324 g/mol. The summed E-state index contributed by atoms with van der Waals surface area (Å²) in [5.41, 5.74) is 1.22. The number of carboxylic acids is 1. The zero-order valence-electron chi connectivity index (χ0n) is 13.3. The number of carbonyl (C=O) groups is 1. The Labute approximate surface area is 137 Å². The predicted octanol–water partition coefficient (Wildman–Crippen LogP) is 3.18. The molecular formula is C17H25ClN2O2. The van der Waals surface area contributed by atoms with Crippen molar-refractivity contribution < 1.29 is 9.90 Å². The van der Waals surface area contributed by atoms with Gasteiger partial charge in [-0.3, -0.25) is 4.79 Å². The molecule has 1 aromatic carbocycles. The molecule has 0 amide bonds. The van der Waals surface area contributed by atoms with Gasteiger partial charge >= 0.3 is 5.97 Å². The normalized spacial score (nSPS) is 23.5. The molecule has 1 aromatic rings. The van der Waals surface area contributed by atoms with Crippen molar-refractivity contribution in [3.05, 3.63) is 34.9 Å². The molecule has 1 atom stereocenters. The van der Waals surface area contributed by atoms with E-state index in [-0.39, 0.29) is 12.0 Å². The average Bonchev–Trinajstić information content (AvgIpc) is 2.47. The number of hydrogen-bond donors (Lipinski definition) is 2. The number of likely N-dealkylation sites (N-methyl/N-ethyl adjacent to an activating group) is 1. The van der Waals surface area contributed by atoms with E-state index in [1.165, 1.54) is 5.56 Å². The van der Waals surface area contributed by atoms with Crippen molar-refractivity contribution in [2.75, 3.05) is 20.6 Å². The molecule has 0 aliphatic heterocycles. The van der Waals surface area contributed by atoms with Gasteiger partial charge in [0, 0.05) is 23.7 Å². The van der Waals surface area contributed by atoms with Crippen LogP contribution in [0, 0.1) is 5.92 Å². The third kappa shape index (κ3) is 4.97. The summed E-state index contributed by atoms with van der Waals surface area (Å²) in [5, 5.41) is 13.5. The lowest BCUT2D eigenvalue weighted by atomic mass is 9.85. The first-order valence-corrected chi connectivity index (χ1v) is 8.22. The summed E-state index contributed by atoms with van der Waals surface area (Å²) in [6, 6.07) is 8.58. The number of benzene rings is 1. The third-order valence-electron chi connectivity index (χ3n) is 4.33. The van der Waals surface area contributed by atoms with Gasteiger partial charge < -0.3 is 15.3 Å². The molecule has 5 heteroatoms. The van der Waals surface area contributed by atoms with Gasteiger partial charge in [0.1, 0.15) is 0 Å². The van der Waals surface area contributed by atoms with E-state index < -0.39 is 5.97 Å². The summed E-state index contributed by atoms with van der Waals surface area (Å²) in [6.07, 6.45) is 3.38. The molecule has 122 valence electrons. The summed E-state index contributed by atoms with van der Waals surface area (Å²) in [6.45, 7) is 0.903. The van der Waals surface area contributed by atoms with Crippen LogP contribution in [0.3, 0.4) is 0 Å². The summed E-state index contributed by atoms with van der Waals surface area (Å²) in [4.78, 5) is 13.2. The van der Waals surface area contributed by atoms with Crippen LogP contribution >= 0.6 is 11.6 Å². The summed E-state index contributed by atoms with van der Waals surface area (Å²) < 4.78 is 0. The highest BCUT2D eigenvalue weighted by molar-refractivity contribution is 6.30. The number of nitrogens with zero attached hydrogens (tertiary/aromatic N) is 1. The van der Waals surface area contributed by atoms with Crippen molar-refractivity contribution in [3.8, 4) is 0 Å². The van der Waals surface area contributed by atoms with E-state index in [0.717, 1.165) is 37.3 Å². The van der Waals surface area contributed by atoms with Gasteiger partial charge in [-0.05, 0) is 57.5 Å². The number of carboxylic acid groups (broad SMARTS) is 1. The highest BCUT2D eigenvalue weighted by Gasteiger charge is 2.27. The zero-order chi connectivity index (χ0) is 16.1. The highest BCUT2D eigenvalue weighted by Crippen LogP contribution is 2.27.